The number of carbonyl (C=O) groups is 1. The van der Waals surface area contributed by atoms with Crippen LogP contribution >= 0.6 is 0 Å². The van der Waals surface area contributed by atoms with E-state index in [1.807, 2.05) is 24.0 Å². The first-order valence-corrected chi connectivity index (χ1v) is 8.91. The molecule has 0 aliphatic carbocycles. The Morgan fingerprint density at radius 2 is 1.46 bits per heavy atom. The molecule has 2 atom stereocenters. The van der Waals surface area contributed by atoms with Crippen molar-refractivity contribution in [3.8, 4) is 0 Å². The first kappa shape index (κ1) is 19.5. The van der Waals surface area contributed by atoms with Gasteiger partial charge in [0.2, 0.25) is 5.91 Å². The van der Waals surface area contributed by atoms with Gasteiger partial charge in [-0.2, -0.15) is 0 Å². The molecular weight excluding hydrogens is 360 g/mol. The molecule has 0 saturated heterocycles. The summed E-state index contributed by atoms with van der Waals surface area (Å²) in [6.07, 6.45) is 3.35. The van der Waals surface area contributed by atoms with Gasteiger partial charge >= 0.3 is 0 Å². The fourth-order valence-corrected chi connectivity index (χ4v) is 3.40. The number of carbonyl (C=O) groups excluding carboxylic acids is 1. The number of hydrogen-bond donors (Lipinski definition) is 1. The van der Waals surface area contributed by atoms with E-state index < -0.39 is 5.91 Å². The van der Waals surface area contributed by atoms with Crippen molar-refractivity contribution in [1.29, 1.82) is 0 Å². The lowest BCUT2D eigenvalue weighted by Gasteiger charge is -2.37. The first-order chi connectivity index (χ1) is 13.5. The van der Waals surface area contributed by atoms with E-state index >= 15 is 0 Å². The van der Waals surface area contributed by atoms with E-state index in [1.165, 1.54) is 24.3 Å². The highest BCUT2D eigenvalue weighted by molar-refractivity contribution is 5.80. The summed E-state index contributed by atoms with van der Waals surface area (Å²) in [7, 11) is 0. The zero-order valence-electron chi connectivity index (χ0n) is 15.4. The number of hydrogen-bond acceptors (Lipinski definition) is 3. The monoisotopic (exact) mass is 381 g/mol. The minimum absolute atomic E-state index is 0.0514. The summed E-state index contributed by atoms with van der Waals surface area (Å²) in [5.41, 5.74) is 8.00. The van der Waals surface area contributed by atoms with Crippen molar-refractivity contribution in [3.63, 3.8) is 0 Å². The lowest BCUT2D eigenvalue weighted by molar-refractivity contribution is -0.116. The van der Waals surface area contributed by atoms with Crippen LogP contribution in [0, 0.1) is 11.6 Å². The Balaban J connectivity index is 2.10. The molecule has 3 rings (SSSR count). The second-order valence-electron chi connectivity index (χ2n) is 6.64. The Bertz CT molecular complexity index is 915. The van der Waals surface area contributed by atoms with E-state index in [1.54, 1.807) is 36.7 Å². The van der Waals surface area contributed by atoms with Gasteiger partial charge in [-0.25, -0.2) is 8.78 Å². The third-order valence-electron chi connectivity index (χ3n) is 4.74. The zero-order valence-corrected chi connectivity index (χ0v) is 15.4. The van der Waals surface area contributed by atoms with Crippen LogP contribution < -0.4 is 10.6 Å². The molecule has 1 aromatic heterocycles. The maximum Gasteiger partial charge on any atom is 0.236 e. The second-order valence-corrected chi connectivity index (χ2v) is 6.64. The molecule has 4 nitrogen and oxygen atoms in total. The lowest BCUT2D eigenvalue weighted by Crippen LogP contribution is -2.39. The number of aromatic nitrogens is 1. The molecule has 2 unspecified atom stereocenters. The molecule has 2 N–H and O–H groups in total. The lowest BCUT2D eigenvalue weighted by atomic mass is 9.87. The van der Waals surface area contributed by atoms with Crippen molar-refractivity contribution >= 4 is 11.6 Å². The van der Waals surface area contributed by atoms with Crippen molar-refractivity contribution in [2.75, 3.05) is 11.4 Å². The Kier molecular flexibility index (Phi) is 5.99. The van der Waals surface area contributed by atoms with Gasteiger partial charge in [0.25, 0.3) is 0 Å². The minimum atomic E-state index is -0.505. The third-order valence-corrected chi connectivity index (χ3v) is 4.74. The molecule has 0 aliphatic heterocycles. The van der Waals surface area contributed by atoms with E-state index in [0.29, 0.717) is 5.69 Å². The van der Waals surface area contributed by atoms with Gasteiger partial charge < -0.3 is 10.6 Å². The summed E-state index contributed by atoms with van der Waals surface area (Å²) >= 11 is 0. The molecule has 0 aliphatic rings. The molecule has 144 valence electrons. The molecule has 0 bridgehead atoms. The van der Waals surface area contributed by atoms with Gasteiger partial charge in [0.05, 0.1) is 12.6 Å². The highest BCUT2D eigenvalue weighted by atomic mass is 19.1. The number of nitrogens with zero attached hydrogens (tertiary/aromatic N) is 2. The molecule has 1 heterocycles. The SMILES string of the molecule is CC(c1ccc(F)cc1)C(c1ccncc1)N(CC(N)=O)c1ccc(F)cc1. The summed E-state index contributed by atoms with van der Waals surface area (Å²) < 4.78 is 26.8. The molecule has 2 aromatic carbocycles. The van der Waals surface area contributed by atoms with Gasteiger partial charge in [0, 0.05) is 24.0 Å². The quantitative estimate of drug-likeness (QED) is 0.667. The van der Waals surface area contributed by atoms with E-state index in [2.05, 4.69) is 4.98 Å². The van der Waals surface area contributed by atoms with Crippen molar-refractivity contribution in [2.24, 2.45) is 5.73 Å². The molecule has 1 amide bonds. The number of halogens is 2. The predicted molar refractivity (Wildman–Crippen MR) is 105 cm³/mol. The smallest absolute Gasteiger partial charge is 0.236 e. The van der Waals surface area contributed by atoms with Gasteiger partial charge in [0.15, 0.2) is 0 Å². The standard InChI is InChI=1S/C22H21F2N3O/c1-15(16-2-4-18(23)5-3-16)22(17-10-12-26-13-11-17)27(14-21(25)28)20-8-6-19(24)7-9-20/h2-13,15,22H,14H2,1H3,(H2,25,28). The average molecular weight is 381 g/mol. The predicted octanol–water partition coefficient (Wildman–Crippen LogP) is 4.20. The number of rotatable bonds is 7. The van der Waals surface area contributed by atoms with Crippen molar-refractivity contribution in [3.05, 3.63) is 95.8 Å². The van der Waals surface area contributed by atoms with Crippen LogP contribution in [0.3, 0.4) is 0 Å². The third kappa shape index (κ3) is 4.52. The van der Waals surface area contributed by atoms with Gasteiger partial charge in [-0.05, 0) is 59.7 Å². The van der Waals surface area contributed by atoms with Gasteiger partial charge in [-0.1, -0.05) is 19.1 Å². The second kappa shape index (κ2) is 8.61. The van der Waals surface area contributed by atoms with Crippen LogP contribution in [0.25, 0.3) is 0 Å². The number of anilines is 1. The minimum Gasteiger partial charge on any atom is -0.368 e. The fraction of sp³-hybridized carbons (Fsp3) is 0.182. The number of benzene rings is 2. The van der Waals surface area contributed by atoms with Crippen LogP contribution in [-0.4, -0.2) is 17.4 Å². The van der Waals surface area contributed by atoms with Crippen LogP contribution in [0.2, 0.25) is 0 Å². The summed E-state index contributed by atoms with van der Waals surface area (Å²) in [4.78, 5) is 17.7. The fourth-order valence-electron chi connectivity index (χ4n) is 3.40. The normalized spacial score (nSPS) is 13.0. The zero-order chi connectivity index (χ0) is 20.1. The summed E-state index contributed by atoms with van der Waals surface area (Å²) in [5, 5.41) is 0. The highest BCUT2D eigenvalue weighted by Gasteiger charge is 2.29. The van der Waals surface area contributed by atoms with Crippen molar-refractivity contribution in [1.82, 2.24) is 4.98 Å². The molecule has 0 fully saturated rings. The summed E-state index contributed by atoms with van der Waals surface area (Å²) in [6, 6.07) is 15.6. The number of primary amides is 1. The molecule has 6 heteroatoms. The largest absolute Gasteiger partial charge is 0.368 e. The maximum absolute atomic E-state index is 13.4. The molecular formula is C22H21F2N3O. The van der Waals surface area contributed by atoms with E-state index in [4.69, 9.17) is 5.73 Å². The van der Waals surface area contributed by atoms with E-state index in [9.17, 15) is 13.6 Å². The van der Waals surface area contributed by atoms with Crippen LogP contribution in [0.5, 0.6) is 0 Å². The Hall–Kier alpha value is -3.28. The van der Waals surface area contributed by atoms with E-state index in [0.717, 1.165) is 11.1 Å². The van der Waals surface area contributed by atoms with Crippen LogP contribution in [0.4, 0.5) is 14.5 Å². The number of pyridine rings is 1. The van der Waals surface area contributed by atoms with Crippen LogP contribution in [-0.2, 0) is 4.79 Å². The molecule has 0 spiro atoms. The van der Waals surface area contributed by atoms with Crippen molar-refractivity contribution in [2.45, 2.75) is 18.9 Å². The van der Waals surface area contributed by atoms with Crippen LogP contribution in [0.15, 0.2) is 73.1 Å². The Morgan fingerprint density at radius 3 is 2.00 bits per heavy atom. The molecule has 3 aromatic rings. The number of nitrogens with two attached hydrogens (primary N) is 1. The summed E-state index contributed by atoms with van der Waals surface area (Å²) in [5.74, 6) is -1.30. The van der Waals surface area contributed by atoms with Gasteiger partial charge in [-0.3, -0.25) is 9.78 Å². The van der Waals surface area contributed by atoms with Gasteiger partial charge in [0.1, 0.15) is 11.6 Å². The first-order valence-electron chi connectivity index (χ1n) is 8.91. The van der Waals surface area contributed by atoms with Crippen molar-refractivity contribution < 1.29 is 13.6 Å². The van der Waals surface area contributed by atoms with E-state index in [-0.39, 0.29) is 30.1 Å². The molecule has 0 radical (unpaired) electrons. The van der Waals surface area contributed by atoms with Crippen LogP contribution in [0.1, 0.15) is 30.0 Å². The topological polar surface area (TPSA) is 59.2 Å². The highest BCUT2D eigenvalue weighted by Crippen LogP contribution is 2.38. The Labute approximate surface area is 162 Å². The maximum atomic E-state index is 13.4. The summed E-state index contributed by atoms with van der Waals surface area (Å²) in [6.45, 7) is 1.94. The average Bonchev–Trinajstić information content (AvgIpc) is 2.69. The molecule has 0 saturated carbocycles. The van der Waals surface area contributed by atoms with Gasteiger partial charge in [-0.15, -0.1) is 0 Å². The Morgan fingerprint density at radius 1 is 0.929 bits per heavy atom. The number of amides is 1. The molecule has 28 heavy (non-hydrogen) atoms.